The van der Waals surface area contributed by atoms with Crippen LogP contribution in [-0.4, -0.2) is 0 Å². The Morgan fingerprint density at radius 2 is 1.30 bits per heavy atom. The van der Waals surface area contributed by atoms with Crippen molar-refractivity contribution in [3.63, 3.8) is 0 Å². The lowest BCUT2D eigenvalue weighted by atomic mass is 9.65. The molecule has 140 valence electrons. The molecule has 0 N–H and O–H groups in total. The molecule has 0 aromatic carbocycles. The van der Waals surface area contributed by atoms with Crippen molar-refractivity contribution in [3.8, 4) is 0 Å². The average molecular weight is 325 g/mol. The van der Waals surface area contributed by atoms with E-state index in [1.165, 1.54) is 70.6 Å². The molecule has 2 atom stereocenters. The molecular weight excluding hydrogens is 276 g/mol. The first kappa shape index (κ1) is 23.0. The maximum atomic E-state index is 2.52. The van der Waals surface area contributed by atoms with Gasteiger partial charge in [0.15, 0.2) is 0 Å². The van der Waals surface area contributed by atoms with Gasteiger partial charge in [-0.25, -0.2) is 0 Å². The Bertz CT molecular complexity index is 274. The van der Waals surface area contributed by atoms with Crippen molar-refractivity contribution < 1.29 is 0 Å². The molecule has 0 aliphatic heterocycles. The molecule has 0 bridgehead atoms. The lowest BCUT2D eigenvalue weighted by molar-refractivity contribution is 0.105. The van der Waals surface area contributed by atoms with Crippen LogP contribution in [0.5, 0.6) is 0 Å². The van der Waals surface area contributed by atoms with Crippen molar-refractivity contribution in [3.05, 3.63) is 0 Å². The smallest absolute Gasteiger partial charge is 0.0323 e. The minimum Gasteiger partial charge on any atom is -0.0654 e. The van der Waals surface area contributed by atoms with Crippen LogP contribution in [0.2, 0.25) is 0 Å². The molecular formula is C23H48. The van der Waals surface area contributed by atoms with E-state index in [4.69, 9.17) is 0 Å². The second-order valence-electron chi connectivity index (χ2n) is 9.68. The van der Waals surface area contributed by atoms with Crippen molar-refractivity contribution in [2.45, 2.75) is 126 Å². The van der Waals surface area contributed by atoms with Gasteiger partial charge in [0.05, 0.1) is 0 Å². The number of unbranched alkanes of at least 4 members (excludes halogenated alkanes) is 4. The SMILES string of the molecule is CCCCCCC(CCCC)CC(C)C(C)(C)CC(C)(C)CC. The van der Waals surface area contributed by atoms with Gasteiger partial charge in [-0.15, -0.1) is 0 Å². The molecule has 0 radical (unpaired) electrons. The summed E-state index contributed by atoms with van der Waals surface area (Å²) in [4.78, 5) is 0. The van der Waals surface area contributed by atoms with Gasteiger partial charge >= 0.3 is 0 Å². The van der Waals surface area contributed by atoms with Crippen LogP contribution < -0.4 is 0 Å². The largest absolute Gasteiger partial charge is 0.0654 e. The van der Waals surface area contributed by atoms with E-state index in [1.54, 1.807) is 0 Å². The van der Waals surface area contributed by atoms with Gasteiger partial charge in [-0.1, -0.05) is 113 Å². The molecule has 0 aromatic rings. The maximum absolute atomic E-state index is 2.52. The van der Waals surface area contributed by atoms with E-state index in [0.29, 0.717) is 10.8 Å². The third-order valence-corrected chi connectivity index (χ3v) is 6.34. The lowest BCUT2D eigenvalue weighted by Crippen LogP contribution is -2.30. The molecule has 0 heteroatoms. The average Bonchev–Trinajstić information content (AvgIpc) is 2.47. The summed E-state index contributed by atoms with van der Waals surface area (Å²) in [6.45, 7) is 19.4. The summed E-state index contributed by atoms with van der Waals surface area (Å²) in [6.07, 6.45) is 15.5. The molecule has 0 rings (SSSR count). The van der Waals surface area contributed by atoms with Crippen LogP contribution in [0.4, 0.5) is 0 Å². The first-order chi connectivity index (χ1) is 10.7. The summed E-state index contributed by atoms with van der Waals surface area (Å²) in [5.41, 5.74) is 0.950. The first-order valence-corrected chi connectivity index (χ1v) is 10.7. The Balaban J connectivity index is 4.55. The van der Waals surface area contributed by atoms with Crippen LogP contribution in [0.1, 0.15) is 126 Å². The highest BCUT2D eigenvalue weighted by Gasteiger charge is 2.33. The molecule has 2 unspecified atom stereocenters. The summed E-state index contributed by atoms with van der Waals surface area (Å²) >= 11 is 0. The fourth-order valence-electron chi connectivity index (χ4n) is 4.08. The highest BCUT2D eigenvalue weighted by Crippen LogP contribution is 2.43. The summed E-state index contributed by atoms with van der Waals surface area (Å²) in [5, 5.41) is 0. The van der Waals surface area contributed by atoms with Crippen LogP contribution >= 0.6 is 0 Å². The van der Waals surface area contributed by atoms with Crippen LogP contribution in [0.3, 0.4) is 0 Å². The molecule has 0 aromatic heterocycles. The predicted octanol–water partition coefficient (Wildman–Crippen LogP) is 8.64. The number of hydrogen-bond acceptors (Lipinski definition) is 0. The van der Waals surface area contributed by atoms with E-state index in [1.807, 2.05) is 0 Å². The quantitative estimate of drug-likeness (QED) is 0.280. The Kier molecular flexibility index (Phi) is 11.5. The van der Waals surface area contributed by atoms with Gasteiger partial charge in [0, 0.05) is 0 Å². The molecule has 0 fully saturated rings. The highest BCUT2D eigenvalue weighted by molar-refractivity contribution is 4.83. The predicted molar refractivity (Wildman–Crippen MR) is 108 cm³/mol. The van der Waals surface area contributed by atoms with Gasteiger partial charge < -0.3 is 0 Å². The Morgan fingerprint density at radius 1 is 0.739 bits per heavy atom. The van der Waals surface area contributed by atoms with Crippen molar-refractivity contribution >= 4 is 0 Å². The van der Waals surface area contributed by atoms with Crippen LogP contribution in [0.25, 0.3) is 0 Å². The van der Waals surface area contributed by atoms with E-state index >= 15 is 0 Å². The monoisotopic (exact) mass is 324 g/mol. The first-order valence-electron chi connectivity index (χ1n) is 10.7. The lowest BCUT2D eigenvalue weighted by Gasteiger charge is -2.40. The van der Waals surface area contributed by atoms with E-state index in [9.17, 15) is 0 Å². The van der Waals surface area contributed by atoms with E-state index in [2.05, 4.69) is 55.4 Å². The van der Waals surface area contributed by atoms with Gasteiger partial charge in [0.25, 0.3) is 0 Å². The second-order valence-corrected chi connectivity index (χ2v) is 9.68. The molecule has 0 saturated carbocycles. The molecule has 0 heterocycles. The van der Waals surface area contributed by atoms with E-state index in [-0.39, 0.29) is 0 Å². The number of rotatable bonds is 14. The second kappa shape index (κ2) is 11.5. The van der Waals surface area contributed by atoms with Crippen LogP contribution in [0.15, 0.2) is 0 Å². The van der Waals surface area contributed by atoms with Crippen molar-refractivity contribution in [1.29, 1.82) is 0 Å². The van der Waals surface area contributed by atoms with Crippen molar-refractivity contribution in [2.24, 2.45) is 22.7 Å². The van der Waals surface area contributed by atoms with E-state index < -0.39 is 0 Å². The number of hydrogen-bond donors (Lipinski definition) is 0. The molecule has 23 heavy (non-hydrogen) atoms. The van der Waals surface area contributed by atoms with Gasteiger partial charge in [0.1, 0.15) is 0 Å². The fraction of sp³-hybridized carbons (Fsp3) is 1.00. The normalized spacial score (nSPS) is 15.7. The van der Waals surface area contributed by atoms with Gasteiger partial charge in [-0.3, -0.25) is 0 Å². The molecule has 0 saturated heterocycles. The maximum Gasteiger partial charge on any atom is -0.0323 e. The standard InChI is InChI=1S/C23H48/c1-9-12-14-15-17-21(16-13-10-2)18-20(4)23(7,8)19-22(5,6)11-3/h20-21H,9-19H2,1-8H3. The van der Waals surface area contributed by atoms with Gasteiger partial charge in [-0.2, -0.15) is 0 Å². The third-order valence-electron chi connectivity index (χ3n) is 6.34. The Hall–Kier alpha value is 0. The zero-order valence-electron chi connectivity index (χ0n) is 17.9. The molecule has 0 spiro atoms. The minimum atomic E-state index is 0.466. The van der Waals surface area contributed by atoms with E-state index in [0.717, 1.165) is 11.8 Å². The van der Waals surface area contributed by atoms with Crippen LogP contribution in [0, 0.1) is 22.7 Å². The van der Waals surface area contributed by atoms with Crippen molar-refractivity contribution in [1.82, 2.24) is 0 Å². The van der Waals surface area contributed by atoms with Gasteiger partial charge in [0.2, 0.25) is 0 Å². The van der Waals surface area contributed by atoms with Crippen molar-refractivity contribution in [2.75, 3.05) is 0 Å². The molecule has 0 amide bonds. The highest BCUT2D eigenvalue weighted by atomic mass is 14.4. The molecule has 0 aliphatic carbocycles. The fourth-order valence-corrected chi connectivity index (χ4v) is 4.08. The zero-order chi connectivity index (χ0) is 17.9. The summed E-state index contributed by atoms with van der Waals surface area (Å²) in [5.74, 6) is 1.80. The Labute approximate surface area is 149 Å². The van der Waals surface area contributed by atoms with Gasteiger partial charge in [-0.05, 0) is 35.5 Å². The minimum absolute atomic E-state index is 0.466. The Morgan fingerprint density at radius 3 is 1.83 bits per heavy atom. The summed E-state index contributed by atoms with van der Waals surface area (Å²) in [7, 11) is 0. The third kappa shape index (κ3) is 10.5. The topological polar surface area (TPSA) is 0 Å². The molecule has 0 nitrogen and oxygen atoms in total. The summed E-state index contributed by atoms with van der Waals surface area (Å²) < 4.78 is 0. The summed E-state index contributed by atoms with van der Waals surface area (Å²) in [6, 6.07) is 0. The zero-order valence-corrected chi connectivity index (χ0v) is 17.9. The van der Waals surface area contributed by atoms with Crippen LogP contribution in [-0.2, 0) is 0 Å². The molecule has 0 aliphatic rings.